The lowest BCUT2D eigenvalue weighted by molar-refractivity contribution is -0.389. The molecule has 0 aliphatic heterocycles. The normalized spacial score (nSPS) is 10.9. The first-order valence-electron chi connectivity index (χ1n) is 4.97. The highest BCUT2D eigenvalue weighted by molar-refractivity contribution is 7.15. The summed E-state index contributed by atoms with van der Waals surface area (Å²) in [7, 11) is 0. The Balaban J connectivity index is 1.93. The molecule has 0 aliphatic carbocycles. The summed E-state index contributed by atoms with van der Waals surface area (Å²) < 4.78 is 1.47. The van der Waals surface area contributed by atoms with Crippen LogP contribution in [0.25, 0.3) is 4.96 Å². The Hall–Kier alpha value is -2.00. The first-order valence-corrected chi connectivity index (χ1v) is 6.73. The van der Waals surface area contributed by atoms with Crippen molar-refractivity contribution in [3.8, 4) is 0 Å². The first kappa shape index (κ1) is 11.1. The standard InChI is InChI=1S/C9H7N5O2S2/c15-14(16)8-7(11-4-6-3-10-5-18-6)12-9-13(8)1-2-17-9/h1-3,5,11H,4H2. The number of hydrogen-bond donors (Lipinski definition) is 1. The summed E-state index contributed by atoms with van der Waals surface area (Å²) in [5, 5.41) is 15.8. The molecule has 92 valence electrons. The molecular formula is C9H7N5O2S2. The van der Waals surface area contributed by atoms with Crippen LogP contribution in [0.3, 0.4) is 0 Å². The van der Waals surface area contributed by atoms with Crippen LogP contribution in [0.2, 0.25) is 0 Å². The van der Waals surface area contributed by atoms with Crippen LogP contribution in [-0.2, 0) is 6.54 Å². The molecule has 1 N–H and O–H groups in total. The lowest BCUT2D eigenvalue weighted by atomic mass is 10.5. The molecule has 18 heavy (non-hydrogen) atoms. The van der Waals surface area contributed by atoms with Crippen LogP contribution in [-0.4, -0.2) is 19.3 Å². The van der Waals surface area contributed by atoms with Crippen molar-refractivity contribution in [3.63, 3.8) is 0 Å². The Labute approximate surface area is 109 Å². The quantitative estimate of drug-likeness (QED) is 0.586. The first-order chi connectivity index (χ1) is 8.75. The number of anilines is 1. The second-order valence-electron chi connectivity index (χ2n) is 3.42. The van der Waals surface area contributed by atoms with Gasteiger partial charge in [0.25, 0.3) is 4.96 Å². The van der Waals surface area contributed by atoms with E-state index in [2.05, 4.69) is 15.3 Å². The molecule has 0 amide bonds. The van der Waals surface area contributed by atoms with Crippen LogP contribution in [0.15, 0.2) is 23.3 Å². The SMILES string of the molecule is O=[N+]([O-])c1c(NCc2cncs2)nc2sccn12. The summed E-state index contributed by atoms with van der Waals surface area (Å²) in [5.41, 5.74) is 1.72. The van der Waals surface area contributed by atoms with E-state index in [4.69, 9.17) is 0 Å². The summed E-state index contributed by atoms with van der Waals surface area (Å²) in [6, 6.07) is 0. The second kappa shape index (κ2) is 4.35. The molecule has 3 aromatic rings. The fraction of sp³-hybridized carbons (Fsp3) is 0.111. The molecule has 0 aliphatic rings. The van der Waals surface area contributed by atoms with Crippen molar-refractivity contribution in [1.29, 1.82) is 0 Å². The van der Waals surface area contributed by atoms with Gasteiger partial charge in [0, 0.05) is 16.5 Å². The van der Waals surface area contributed by atoms with Gasteiger partial charge in [0.05, 0.1) is 12.1 Å². The molecule has 3 aromatic heterocycles. The molecule has 3 heterocycles. The highest BCUT2D eigenvalue weighted by Crippen LogP contribution is 2.28. The number of nitro groups is 1. The summed E-state index contributed by atoms with van der Waals surface area (Å²) in [6.45, 7) is 0.482. The van der Waals surface area contributed by atoms with Crippen LogP contribution >= 0.6 is 22.7 Å². The summed E-state index contributed by atoms with van der Waals surface area (Å²) >= 11 is 2.85. The summed E-state index contributed by atoms with van der Waals surface area (Å²) in [6.07, 6.45) is 3.37. The van der Waals surface area contributed by atoms with Gasteiger partial charge in [-0.15, -0.1) is 11.3 Å². The van der Waals surface area contributed by atoms with Crippen LogP contribution in [0.4, 0.5) is 11.6 Å². The minimum atomic E-state index is -0.429. The molecule has 7 nitrogen and oxygen atoms in total. The summed E-state index contributed by atoms with van der Waals surface area (Å²) in [5.74, 6) is 0.260. The van der Waals surface area contributed by atoms with E-state index < -0.39 is 4.92 Å². The predicted molar refractivity (Wildman–Crippen MR) is 69.2 cm³/mol. The number of rotatable bonds is 4. The van der Waals surface area contributed by atoms with Crippen molar-refractivity contribution < 1.29 is 4.92 Å². The van der Waals surface area contributed by atoms with Gasteiger partial charge in [0.2, 0.25) is 5.82 Å². The molecule has 0 bridgehead atoms. The van der Waals surface area contributed by atoms with Gasteiger partial charge >= 0.3 is 5.82 Å². The molecule has 3 rings (SSSR count). The maximum atomic E-state index is 11.1. The van der Waals surface area contributed by atoms with Crippen LogP contribution in [0, 0.1) is 10.1 Å². The van der Waals surface area contributed by atoms with Gasteiger partial charge < -0.3 is 15.4 Å². The van der Waals surface area contributed by atoms with Crippen molar-refractivity contribution in [2.24, 2.45) is 0 Å². The van der Waals surface area contributed by atoms with Crippen LogP contribution < -0.4 is 5.32 Å². The van der Waals surface area contributed by atoms with Crippen molar-refractivity contribution in [2.45, 2.75) is 6.54 Å². The Kier molecular flexibility index (Phi) is 2.68. The van der Waals surface area contributed by atoms with Gasteiger partial charge in [-0.05, 0) is 4.92 Å². The van der Waals surface area contributed by atoms with E-state index in [9.17, 15) is 10.1 Å². The number of aromatic nitrogens is 3. The van der Waals surface area contributed by atoms with Crippen LogP contribution in [0.1, 0.15) is 4.88 Å². The fourth-order valence-corrected chi connectivity index (χ4v) is 2.81. The maximum absolute atomic E-state index is 11.1. The monoisotopic (exact) mass is 281 g/mol. The van der Waals surface area contributed by atoms with E-state index in [1.54, 1.807) is 23.3 Å². The van der Waals surface area contributed by atoms with Gasteiger partial charge in [-0.1, -0.05) is 11.3 Å². The average molecular weight is 281 g/mol. The van der Waals surface area contributed by atoms with Gasteiger partial charge in [0.15, 0.2) is 0 Å². The number of nitrogens with one attached hydrogen (secondary N) is 1. The third kappa shape index (κ3) is 1.83. The van der Waals surface area contributed by atoms with Gasteiger partial charge in [0.1, 0.15) is 6.20 Å². The van der Waals surface area contributed by atoms with Crippen LogP contribution in [0.5, 0.6) is 0 Å². The van der Waals surface area contributed by atoms with E-state index in [0.717, 1.165) is 4.88 Å². The van der Waals surface area contributed by atoms with Crippen molar-refractivity contribution >= 4 is 39.3 Å². The number of nitrogens with zero attached hydrogens (tertiary/aromatic N) is 4. The molecule has 0 aromatic carbocycles. The molecule has 0 spiro atoms. The van der Waals surface area contributed by atoms with E-state index in [0.29, 0.717) is 17.3 Å². The van der Waals surface area contributed by atoms with Crippen molar-refractivity contribution in [1.82, 2.24) is 14.4 Å². The van der Waals surface area contributed by atoms with Crippen molar-refractivity contribution in [3.05, 3.63) is 38.3 Å². The Bertz CT molecular complexity index is 687. The Morgan fingerprint density at radius 3 is 3.11 bits per heavy atom. The number of thiazole rings is 2. The van der Waals surface area contributed by atoms with Crippen molar-refractivity contribution in [2.75, 3.05) is 5.32 Å². The third-order valence-corrected chi connectivity index (χ3v) is 3.86. The predicted octanol–water partition coefficient (Wildman–Crippen LogP) is 2.37. The zero-order chi connectivity index (χ0) is 12.5. The zero-order valence-electron chi connectivity index (χ0n) is 8.94. The van der Waals surface area contributed by atoms with E-state index in [-0.39, 0.29) is 5.82 Å². The minimum Gasteiger partial charge on any atom is -0.358 e. The van der Waals surface area contributed by atoms with E-state index >= 15 is 0 Å². The second-order valence-corrected chi connectivity index (χ2v) is 5.26. The number of imidazole rings is 1. The molecule has 0 radical (unpaired) electrons. The highest BCUT2D eigenvalue weighted by atomic mass is 32.1. The highest BCUT2D eigenvalue weighted by Gasteiger charge is 2.23. The average Bonchev–Trinajstić information content (AvgIpc) is 3.01. The molecular weight excluding hydrogens is 274 g/mol. The van der Waals surface area contributed by atoms with Gasteiger partial charge in [-0.2, -0.15) is 9.38 Å². The lowest BCUT2D eigenvalue weighted by Gasteiger charge is -2.00. The molecule has 0 saturated heterocycles. The smallest absolute Gasteiger partial charge is 0.358 e. The number of fused-ring (bicyclic) bond motifs is 1. The maximum Gasteiger partial charge on any atom is 0.372 e. The fourth-order valence-electron chi connectivity index (χ4n) is 1.57. The Morgan fingerprint density at radius 1 is 1.50 bits per heavy atom. The molecule has 0 atom stereocenters. The summed E-state index contributed by atoms with van der Waals surface area (Å²) in [4.78, 5) is 20.4. The topological polar surface area (TPSA) is 85.4 Å². The lowest BCUT2D eigenvalue weighted by Crippen LogP contribution is -2.02. The van der Waals surface area contributed by atoms with E-state index in [1.807, 2.05) is 0 Å². The zero-order valence-corrected chi connectivity index (χ0v) is 10.6. The molecule has 0 fully saturated rings. The minimum absolute atomic E-state index is 0.0317. The molecule has 9 heteroatoms. The largest absolute Gasteiger partial charge is 0.372 e. The molecule has 0 unspecified atom stereocenters. The van der Waals surface area contributed by atoms with Gasteiger partial charge in [-0.3, -0.25) is 4.98 Å². The van der Waals surface area contributed by atoms with Gasteiger partial charge in [-0.25, -0.2) is 0 Å². The van der Waals surface area contributed by atoms with E-state index in [1.165, 1.54) is 27.1 Å². The Morgan fingerprint density at radius 2 is 2.39 bits per heavy atom. The third-order valence-electron chi connectivity index (χ3n) is 2.32. The number of hydrogen-bond acceptors (Lipinski definition) is 7. The molecule has 0 saturated carbocycles.